The van der Waals surface area contributed by atoms with Crippen LogP contribution in [0.2, 0.25) is 0 Å². The van der Waals surface area contributed by atoms with Gasteiger partial charge in [-0.05, 0) is 72.8 Å². The topological polar surface area (TPSA) is 46.4 Å². The van der Waals surface area contributed by atoms with Gasteiger partial charge in [-0.25, -0.2) is 0 Å². The highest BCUT2D eigenvalue weighted by molar-refractivity contribution is 5.96. The second-order valence-corrected chi connectivity index (χ2v) is 8.62. The second-order valence-electron chi connectivity index (χ2n) is 8.62. The summed E-state index contributed by atoms with van der Waals surface area (Å²) in [5, 5.41) is 10.2. The number of hydrogen-bond donors (Lipinski definition) is 0. The van der Waals surface area contributed by atoms with Crippen molar-refractivity contribution in [2.75, 3.05) is 50.1 Å². The van der Waals surface area contributed by atoms with Crippen LogP contribution in [0.1, 0.15) is 5.56 Å². The molecule has 3 aromatic carbocycles. The fourth-order valence-corrected chi connectivity index (χ4v) is 4.43. The molecule has 5 heteroatoms. The molecule has 0 N–H and O–H groups in total. The highest BCUT2D eigenvalue weighted by Gasteiger charge is 2.15. The maximum absolute atomic E-state index is 9.08. The first-order valence-corrected chi connectivity index (χ1v) is 11.3. The highest BCUT2D eigenvalue weighted by Crippen LogP contribution is 2.34. The van der Waals surface area contributed by atoms with Crippen LogP contribution in [0.4, 0.5) is 17.1 Å². The Kier molecular flexibility index (Phi) is 5.68. The van der Waals surface area contributed by atoms with Crippen molar-refractivity contribution < 1.29 is 0 Å². The first-order chi connectivity index (χ1) is 16.1. The zero-order chi connectivity index (χ0) is 22.8. The third-order valence-corrected chi connectivity index (χ3v) is 6.53. The summed E-state index contributed by atoms with van der Waals surface area (Å²) in [6, 6.07) is 27.2. The number of rotatable bonds is 4. The summed E-state index contributed by atoms with van der Waals surface area (Å²) in [7, 11) is 4.29. The number of aromatic nitrogens is 1. The fourth-order valence-electron chi connectivity index (χ4n) is 4.43. The fraction of sp³-hybridized carbons (Fsp3) is 0.214. The van der Waals surface area contributed by atoms with Crippen LogP contribution in [-0.4, -0.2) is 50.2 Å². The summed E-state index contributed by atoms with van der Waals surface area (Å²) < 4.78 is 0. The number of nitriles is 1. The predicted octanol–water partition coefficient (Wildman–Crippen LogP) is 5.29. The molecule has 0 aliphatic carbocycles. The normalized spacial score (nSPS) is 14.3. The third kappa shape index (κ3) is 4.26. The van der Waals surface area contributed by atoms with Crippen LogP contribution >= 0.6 is 0 Å². The number of fused-ring (bicyclic) bond motifs is 1. The van der Waals surface area contributed by atoms with Crippen LogP contribution in [0.3, 0.4) is 0 Å². The molecular weight excluding hydrogens is 406 g/mol. The zero-order valence-corrected chi connectivity index (χ0v) is 19.1. The van der Waals surface area contributed by atoms with E-state index in [-0.39, 0.29) is 0 Å². The van der Waals surface area contributed by atoms with Gasteiger partial charge < -0.3 is 14.7 Å². The lowest BCUT2D eigenvalue weighted by molar-refractivity contribution is 0.313. The van der Waals surface area contributed by atoms with Crippen molar-refractivity contribution in [3.63, 3.8) is 0 Å². The minimum atomic E-state index is 0.668. The van der Waals surface area contributed by atoms with E-state index in [9.17, 15) is 0 Å². The molecular formula is C28H27N5. The van der Waals surface area contributed by atoms with Crippen LogP contribution in [0.15, 0.2) is 79.0 Å². The van der Waals surface area contributed by atoms with Crippen molar-refractivity contribution in [3.8, 4) is 17.2 Å². The Balaban J connectivity index is 1.45. The lowest BCUT2D eigenvalue weighted by Gasteiger charge is -2.34. The number of pyridine rings is 1. The number of nitrogens with zero attached hydrogens (tertiary/aromatic N) is 5. The molecule has 1 fully saturated rings. The first kappa shape index (κ1) is 21.0. The number of piperazine rings is 1. The van der Waals surface area contributed by atoms with E-state index in [4.69, 9.17) is 5.26 Å². The van der Waals surface area contributed by atoms with Gasteiger partial charge in [0, 0.05) is 56.2 Å². The van der Waals surface area contributed by atoms with E-state index < -0.39 is 0 Å². The molecule has 2 heterocycles. The van der Waals surface area contributed by atoms with Gasteiger partial charge >= 0.3 is 0 Å². The van der Waals surface area contributed by atoms with Gasteiger partial charge in [0.2, 0.25) is 0 Å². The largest absolute Gasteiger partial charge is 0.369 e. The predicted molar refractivity (Wildman–Crippen MR) is 136 cm³/mol. The molecule has 5 rings (SSSR count). The molecule has 0 saturated carbocycles. The van der Waals surface area contributed by atoms with Gasteiger partial charge in [-0.1, -0.05) is 18.2 Å². The van der Waals surface area contributed by atoms with E-state index in [0.717, 1.165) is 59.6 Å². The molecule has 1 saturated heterocycles. The Morgan fingerprint density at radius 3 is 2.24 bits per heavy atom. The molecule has 1 aromatic heterocycles. The molecule has 0 bridgehead atoms. The van der Waals surface area contributed by atoms with Gasteiger partial charge in [0.25, 0.3) is 0 Å². The van der Waals surface area contributed by atoms with E-state index >= 15 is 0 Å². The van der Waals surface area contributed by atoms with Crippen molar-refractivity contribution in [3.05, 3.63) is 84.6 Å². The summed E-state index contributed by atoms with van der Waals surface area (Å²) in [6.45, 7) is 4.34. The first-order valence-electron chi connectivity index (χ1n) is 11.3. The van der Waals surface area contributed by atoms with Gasteiger partial charge in [-0.3, -0.25) is 4.98 Å². The summed E-state index contributed by atoms with van der Waals surface area (Å²) in [5.41, 5.74) is 7.37. The molecule has 0 atom stereocenters. The van der Waals surface area contributed by atoms with Crippen LogP contribution in [0.5, 0.6) is 0 Å². The minimum absolute atomic E-state index is 0.668. The Labute approximate surface area is 195 Å². The monoisotopic (exact) mass is 433 g/mol. The molecule has 0 radical (unpaired) electrons. The van der Waals surface area contributed by atoms with E-state index in [1.165, 1.54) is 5.69 Å². The molecule has 5 nitrogen and oxygen atoms in total. The van der Waals surface area contributed by atoms with Gasteiger partial charge in [0.1, 0.15) is 0 Å². The Morgan fingerprint density at radius 2 is 1.55 bits per heavy atom. The van der Waals surface area contributed by atoms with Crippen molar-refractivity contribution in [2.45, 2.75) is 0 Å². The molecule has 4 aromatic rings. The minimum Gasteiger partial charge on any atom is -0.369 e. The molecule has 0 amide bonds. The lowest BCUT2D eigenvalue weighted by Crippen LogP contribution is -2.44. The zero-order valence-electron chi connectivity index (χ0n) is 19.1. The smallest absolute Gasteiger partial charge is 0.0991 e. The van der Waals surface area contributed by atoms with Gasteiger partial charge in [-0.15, -0.1) is 0 Å². The summed E-state index contributed by atoms with van der Waals surface area (Å²) in [5.74, 6) is 0. The maximum Gasteiger partial charge on any atom is 0.0991 e. The molecule has 1 aliphatic heterocycles. The highest BCUT2D eigenvalue weighted by atomic mass is 15.2. The average Bonchev–Trinajstić information content (AvgIpc) is 2.88. The molecule has 0 spiro atoms. The van der Waals surface area contributed by atoms with Crippen LogP contribution in [-0.2, 0) is 0 Å². The Morgan fingerprint density at radius 1 is 0.848 bits per heavy atom. The average molecular weight is 434 g/mol. The van der Waals surface area contributed by atoms with E-state index in [2.05, 4.69) is 88.4 Å². The quantitative estimate of drug-likeness (QED) is 0.437. The SMILES string of the molecule is CN1CCN(c2ccc(N(C)c3ccnc4ccc(-c5ccc(C#N)cc5)cc34)cc2)CC1. The van der Waals surface area contributed by atoms with Crippen LogP contribution < -0.4 is 9.80 Å². The lowest BCUT2D eigenvalue weighted by atomic mass is 10.0. The molecule has 33 heavy (non-hydrogen) atoms. The number of likely N-dealkylation sites (N-methyl/N-ethyl adjacent to an activating group) is 1. The number of anilines is 3. The Bertz CT molecular complexity index is 1300. The van der Waals surface area contributed by atoms with E-state index in [1.807, 2.05) is 30.5 Å². The second kappa shape index (κ2) is 8.93. The molecule has 1 aliphatic rings. The number of benzene rings is 3. The van der Waals surface area contributed by atoms with Crippen molar-refractivity contribution in [1.29, 1.82) is 5.26 Å². The van der Waals surface area contributed by atoms with Crippen LogP contribution in [0.25, 0.3) is 22.0 Å². The summed E-state index contributed by atoms with van der Waals surface area (Å²) >= 11 is 0. The van der Waals surface area contributed by atoms with Crippen molar-refractivity contribution >= 4 is 28.0 Å². The van der Waals surface area contributed by atoms with Crippen molar-refractivity contribution in [1.82, 2.24) is 9.88 Å². The third-order valence-electron chi connectivity index (χ3n) is 6.53. The molecule has 0 unspecified atom stereocenters. The van der Waals surface area contributed by atoms with Gasteiger partial charge in [-0.2, -0.15) is 5.26 Å². The van der Waals surface area contributed by atoms with Gasteiger partial charge in [0.15, 0.2) is 0 Å². The standard InChI is InChI=1S/C28H27N5/c1-31-15-17-33(18-16-31)25-10-8-24(9-11-25)32(2)28-13-14-30-27-12-7-23(19-26(27)28)22-5-3-21(20-29)4-6-22/h3-14,19H,15-18H2,1-2H3. The maximum atomic E-state index is 9.08. The van der Waals surface area contributed by atoms with Crippen molar-refractivity contribution in [2.24, 2.45) is 0 Å². The van der Waals surface area contributed by atoms with Gasteiger partial charge in [0.05, 0.1) is 22.8 Å². The van der Waals surface area contributed by atoms with E-state index in [1.54, 1.807) is 0 Å². The number of hydrogen-bond acceptors (Lipinski definition) is 5. The summed E-state index contributed by atoms with van der Waals surface area (Å²) in [4.78, 5) is 11.6. The molecule has 164 valence electrons. The Hall–Kier alpha value is -3.88. The van der Waals surface area contributed by atoms with E-state index in [0.29, 0.717) is 5.56 Å². The summed E-state index contributed by atoms with van der Waals surface area (Å²) in [6.07, 6.45) is 1.87. The van der Waals surface area contributed by atoms with Crippen LogP contribution in [0, 0.1) is 11.3 Å².